The molecule has 15 rings (SSSR count). The number of ether oxygens (including phenoxy) is 10. The molecule has 0 bridgehead atoms. The van der Waals surface area contributed by atoms with E-state index < -0.39 is 41.2 Å². The lowest BCUT2D eigenvalue weighted by Gasteiger charge is -2.28. The number of aliphatic hydroxyl groups is 1. The average molecular weight is 2070 g/mol. The Labute approximate surface area is 786 Å². The molecule has 4 unspecified atom stereocenters. The van der Waals surface area contributed by atoms with Crippen LogP contribution in [-0.2, 0) is 25.4 Å². The molecular formula is C92H96Br4ClF4N13O16. The number of halogens is 9. The molecule has 0 saturated heterocycles. The van der Waals surface area contributed by atoms with Gasteiger partial charge in [-0.05, 0) is 268 Å². The Morgan fingerprint density at radius 3 is 1.41 bits per heavy atom. The molecule has 0 spiro atoms. The fourth-order valence-corrected chi connectivity index (χ4v) is 17.9. The van der Waals surface area contributed by atoms with E-state index >= 15 is 0 Å². The number of amides is 1. The largest absolute Gasteiger partial charge is 0.480 e. The molecule has 1 amide bonds. The van der Waals surface area contributed by atoms with Gasteiger partial charge in [0.2, 0.25) is 19.5 Å². The summed E-state index contributed by atoms with van der Waals surface area (Å²) >= 11 is 20.1. The highest BCUT2D eigenvalue weighted by Crippen LogP contribution is 2.49. The molecule has 38 heteroatoms. The van der Waals surface area contributed by atoms with Crippen LogP contribution in [-0.4, -0.2) is 147 Å². The summed E-state index contributed by atoms with van der Waals surface area (Å²) in [7, 11) is 2.96. The molecule has 9 heterocycles. The fourth-order valence-electron chi connectivity index (χ4n) is 14.6. The molecule has 1 N–H and O–H groups in total. The van der Waals surface area contributed by atoms with E-state index in [2.05, 4.69) is 93.6 Å². The minimum Gasteiger partial charge on any atom is -0.480 e. The summed E-state index contributed by atoms with van der Waals surface area (Å²) in [5.74, 6) is -0.737. The third-order valence-electron chi connectivity index (χ3n) is 20.3. The van der Waals surface area contributed by atoms with Gasteiger partial charge >= 0.3 is 29.9 Å². The van der Waals surface area contributed by atoms with Gasteiger partial charge in [-0.3, -0.25) is 9.69 Å². The maximum atomic E-state index is 14.0. The predicted octanol–water partition coefficient (Wildman–Crippen LogP) is 21.1. The van der Waals surface area contributed by atoms with Crippen molar-refractivity contribution in [3.63, 3.8) is 0 Å². The third-order valence-corrected chi connectivity index (χ3v) is 23.0. The summed E-state index contributed by atoms with van der Waals surface area (Å²) in [6.45, 7) is 28.1. The van der Waals surface area contributed by atoms with E-state index in [4.69, 9.17) is 64.0 Å². The van der Waals surface area contributed by atoms with E-state index in [1.54, 1.807) is 104 Å². The Morgan fingerprint density at radius 1 is 0.492 bits per heavy atom. The van der Waals surface area contributed by atoms with Gasteiger partial charge in [-0.25, -0.2) is 66.6 Å². The Morgan fingerprint density at radius 2 is 0.931 bits per heavy atom. The van der Waals surface area contributed by atoms with Crippen molar-refractivity contribution in [1.82, 2.24) is 57.7 Å². The van der Waals surface area contributed by atoms with Crippen LogP contribution in [0.5, 0.6) is 34.9 Å². The van der Waals surface area contributed by atoms with E-state index in [9.17, 15) is 46.6 Å². The highest BCUT2D eigenvalue weighted by molar-refractivity contribution is 9.11. The number of carbonyl (C=O) groups excluding carboxylic acids is 5. The van der Waals surface area contributed by atoms with Crippen molar-refractivity contribution in [1.29, 1.82) is 0 Å². The van der Waals surface area contributed by atoms with E-state index in [1.807, 2.05) is 106 Å². The SMILES string of the molecule is CCOC(=O)c1cn(C(C)C)c(Br)n1.CCOC(=O)c1nc(Br)n(C(C)C)c1C(Cc1ccc2c(c1)OCO2)c1ccc(F)cc1.CCOC(=O)c1nc(Br)n(C(C)C)c1C(Cl)c1ccc(F)cc1.CCOC(=O)c1nc(Br)n(C(C)C)c1C(O)c1ccc(F)cc1.COc1ncc(-c2nc3c(n2C(C)C)C(c2ccc(F)cc2)N(c2ccc4c(c2)OCO4)C3=O)c(OC)n1. The smallest absolute Gasteiger partial charge is 0.358 e. The van der Waals surface area contributed by atoms with Crippen molar-refractivity contribution in [2.24, 2.45) is 0 Å². The Kier molecular flexibility index (Phi) is 33.8. The zero-order valence-electron chi connectivity index (χ0n) is 73.8. The summed E-state index contributed by atoms with van der Waals surface area (Å²) in [6, 6.07) is 34.6. The summed E-state index contributed by atoms with van der Waals surface area (Å²) < 4.78 is 118. The molecule has 6 aromatic heterocycles. The van der Waals surface area contributed by atoms with Crippen LogP contribution in [0.4, 0.5) is 23.2 Å². The second-order valence-corrected chi connectivity index (χ2v) is 33.7. The number of aliphatic hydroxyl groups excluding tert-OH is 1. The van der Waals surface area contributed by atoms with E-state index in [0.29, 0.717) is 106 Å². The number of imidazole rings is 5. The molecule has 6 aromatic carbocycles. The fraction of sp³-hybridized carbons (Fsp3) is 0.348. The summed E-state index contributed by atoms with van der Waals surface area (Å²) in [5.41, 5.74) is 8.14. The topological polar surface area (TPSA) is 316 Å². The summed E-state index contributed by atoms with van der Waals surface area (Å²) in [6.07, 6.45) is 2.66. The van der Waals surface area contributed by atoms with Crippen LogP contribution in [0.25, 0.3) is 11.4 Å². The molecule has 29 nitrogen and oxygen atoms in total. The van der Waals surface area contributed by atoms with Crippen molar-refractivity contribution in [3.8, 4) is 46.3 Å². The lowest BCUT2D eigenvalue weighted by atomic mass is 9.87. The normalized spacial score (nSPS) is 13.5. The number of benzene rings is 6. The molecule has 4 atom stereocenters. The van der Waals surface area contributed by atoms with Crippen molar-refractivity contribution < 1.29 is 94.0 Å². The van der Waals surface area contributed by atoms with Crippen molar-refractivity contribution >= 4 is 111 Å². The predicted molar refractivity (Wildman–Crippen MR) is 489 cm³/mol. The van der Waals surface area contributed by atoms with Crippen molar-refractivity contribution in [2.75, 3.05) is 59.1 Å². The van der Waals surface area contributed by atoms with Gasteiger partial charge in [-0.1, -0.05) is 54.6 Å². The van der Waals surface area contributed by atoms with Crippen LogP contribution in [0.1, 0.15) is 254 Å². The number of hydrogen-bond donors (Lipinski definition) is 1. The van der Waals surface area contributed by atoms with Crippen LogP contribution < -0.4 is 33.3 Å². The van der Waals surface area contributed by atoms with Crippen LogP contribution in [0.15, 0.2) is 165 Å². The van der Waals surface area contributed by atoms with Gasteiger partial charge in [0.15, 0.2) is 70.4 Å². The van der Waals surface area contributed by atoms with Gasteiger partial charge < -0.3 is 75.3 Å². The third kappa shape index (κ3) is 22.4. The number of carbonyl (C=O) groups is 5. The second kappa shape index (κ2) is 44.4. The Bertz CT molecular complexity index is 5890. The number of nitrogens with zero attached hydrogens (tertiary/aromatic N) is 13. The first kappa shape index (κ1) is 99.1. The van der Waals surface area contributed by atoms with Crippen molar-refractivity contribution in [3.05, 3.63) is 267 Å². The first-order chi connectivity index (χ1) is 62.1. The number of methoxy groups -OCH3 is 2. The number of hydrogen-bond acceptors (Lipinski definition) is 23. The number of rotatable bonds is 26. The average Bonchev–Trinajstić information content (AvgIpc) is 1.55. The highest BCUT2D eigenvalue weighted by Gasteiger charge is 2.46. The Hall–Kier alpha value is -11.5. The maximum absolute atomic E-state index is 14.0. The molecule has 0 fully saturated rings. The lowest BCUT2D eigenvalue weighted by Crippen LogP contribution is -2.30. The minimum absolute atomic E-state index is 0.0229. The van der Waals surface area contributed by atoms with Crippen molar-refractivity contribution in [2.45, 2.75) is 157 Å². The van der Waals surface area contributed by atoms with Gasteiger partial charge in [0.05, 0.1) is 69.0 Å². The molecular weight excluding hydrogens is 1970 g/mol. The first-order valence-electron chi connectivity index (χ1n) is 41.4. The van der Waals surface area contributed by atoms with Gasteiger partial charge in [0.25, 0.3) is 5.91 Å². The zero-order valence-corrected chi connectivity index (χ0v) is 80.9. The quantitative estimate of drug-likeness (QED) is 0.0228. The van der Waals surface area contributed by atoms with Gasteiger partial charge in [0, 0.05) is 60.3 Å². The first-order valence-corrected chi connectivity index (χ1v) is 45.0. The number of anilines is 1. The van der Waals surface area contributed by atoms with E-state index in [0.717, 1.165) is 22.4 Å². The van der Waals surface area contributed by atoms with Gasteiger partial charge in [0.1, 0.15) is 46.6 Å². The van der Waals surface area contributed by atoms with E-state index in [-0.39, 0.29) is 134 Å². The van der Waals surface area contributed by atoms with Gasteiger partial charge in [-0.15, -0.1) is 11.6 Å². The molecule has 0 aliphatic carbocycles. The van der Waals surface area contributed by atoms with Crippen LogP contribution in [0.2, 0.25) is 0 Å². The standard InChI is InChI=1S/C27H24FN5O5.C24H24BrFN2O4.C16H17BrClFN2O2.C16H18BrFN2O3.C9H13BrN2O2/c1-14(2)32-23-21(30-24(32)18-12-29-27(36-4)31-25(18)35-3)26(34)33(22(23)15-5-7-16(28)8-6-15)17-9-10-19-20(11-17)38-13-37-19;1-4-30-23(29)21-22(28(14(2)3)24(25)27-21)18(16-6-8-17(26)9-7-16)11-15-5-10-19-20(12-15)32-13-31-19;1-4-23-15(22)13-14(21(9(2)3)16(17)20-13)12(18)10-5-7-11(19)8-6-10;1-4-23-15(22)12-13(20(9(2)3)16(17)19-12)14(21)10-5-7-11(18)8-6-10;1-4-14-8(13)7-5-12(6(2)3)9(10)11-7/h5-12,14,22H,13H2,1-4H3;5-10,12,14,18H,4,11,13H2,1-3H3;5-9,12H,4H2,1-3H3;5-9,14,21H,4H2,1-3H3;5-6H,4H2,1-3H3. The molecule has 0 radical (unpaired) electrons. The Balaban J connectivity index is 0.000000163. The zero-order chi connectivity index (χ0) is 94.4. The maximum Gasteiger partial charge on any atom is 0.358 e. The minimum atomic E-state index is -1.13. The lowest BCUT2D eigenvalue weighted by molar-refractivity contribution is 0.0505. The molecule has 130 heavy (non-hydrogen) atoms. The van der Waals surface area contributed by atoms with Crippen LogP contribution in [0, 0.1) is 23.3 Å². The summed E-state index contributed by atoms with van der Waals surface area (Å²) in [5, 5.41) is 10.1. The monoisotopic (exact) mass is 2070 g/mol. The summed E-state index contributed by atoms with van der Waals surface area (Å²) in [4.78, 5) is 94.6. The molecule has 0 saturated carbocycles. The number of fused-ring (bicyclic) bond motifs is 3. The van der Waals surface area contributed by atoms with Gasteiger partial charge in [-0.2, -0.15) is 4.98 Å². The molecule has 12 aromatic rings. The molecule has 3 aliphatic heterocycles. The number of esters is 4. The number of alkyl halides is 1. The molecule has 3 aliphatic rings. The van der Waals surface area contributed by atoms with Crippen LogP contribution in [0.3, 0.4) is 0 Å². The second-order valence-electron chi connectivity index (χ2n) is 30.5. The van der Waals surface area contributed by atoms with Crippen LogP contribution >= 0.6 is 75.3 Å². The molecule has 688 valence electrons. The number of aromatic nitrogens is 12. The van der Waals surface area contributed by atoms with E-state index in [1.165, 1.54) is 74.9 Å². The highest BCUT2D eigenvalue weighted by atomic mass is 79.9.